The molecule has 0 saturated heterocycles. The van der Waals surface area contributed by atoms with Crippen LogP contribution in [0.1, 0.15) is 27.4 Å². The predicted octanol–water partition coefficient (Wildman–Crippen LogP) is 4.75. The number of benzene rings is 2. The number of hydrogen-bond acceptors (Lipinski definition) is 4. The van der Waals surface area contributed by atoms with Crippen molar-refractivity contribution in [3.05, 3.63) is 95.7 Å². The maximum absolute atomic E-state index is 13.4. The van der Waals surface area contributed by atoms with E-state index in [-0.39, 0.29) is 5.91 Å². The number of pyridine rings is 1. The lowest BCUT2D eigenvalue weighted by Gasteiger charge is -2.11. The molecule has 3 heterocycles. The molecule has 1 amide bonds. The molecule has 0 bridgehead atoms. The van der Waals surface area contributed by atoms with E-state index in [1.165, 1.54) is 0 Å². The highest BCUT2D eigenvalue weighted by Gasteiger charge is 2.19. The molecular formula is C26H24N6O. The second kappa shape index (κ2) is 8.35. The van der Waals surface area contributed by atoms with E-state index in [9.17, 15) is 4.79 Å². The highest BCUT2D eigenvalue weighted by atomic mass is 16.1. The smallest absolute Gasteiger partial charge is 0.256 e. The third-order valence-corrected chi connectivity index (χ3v) is 5.77. The number of nitrogens with zero attached hydrogens (tertiary/aromatic N) is 5. The van der Waals surface area contributed by atoms with Gasteiger partial charge < -0.3 is 9.88 Å². The van der Waals surface area contributed by atoms with E-state index in [1.54, 1.807) is 10.9 Å². The molecule has 164 valence electrons. The number of rotatable bonds is 5. The number of imidazole rings is 1. The van der Waals surface area contributed by atoms with Gasteiger partial charge in [-0.05, 0) is 37.6 Å². The third-order valence-electron chi connectivity index (χ3n) is 5.77. The summed E-state index contributed by atoms with van der Waals surface area (Å²) >= 11 is 0. The van der Waals surface area contributed by atoms with Gasteiger partial charge in [0.2, 0.25) is 0 Å². The van der Waals surface area contributed by atoms with Crippen LogP contribution in [0, 0.1) is 13.8 Å². The summed E-state index contributed by atoms with van der Waals surface area (Å²) in [5.74, 6) is 0.782. The minimum atomic E-state index is -0.186. The number of anilines is 1. The fraction of sp³-hybridized carbons (Fsp3) is 0.154. The van der Waals surface area contributed by atoms with Crippen LogP contribution >= 0.6 is 0 Å². The Morgan fingerprint density at radius 1 is 1.03 bits per heavy atom. The van der Waals surface area contributed by atoms with E-state index >= 15 is 0 Å². The number of amides is 1. The molecule has 0 aliphatic carbocycles. The van der Waals surface area contributed by atoms with Crippen molar-refractivity contribution in [3.8, 4) is 11.3 Å². The molecule has 7 nitrogen and oxygen atoms in total. The van der Waals surface area contributed by atoms with Gasteiger partial charge in [-0.1, -0.05) is 42.5 Å². The van der Waals surface area contributed by atoms with Gasteiger partial charge >= 0.3 is 0 Å². The molecule has 7 heteroatoms. The molecule has 0 atom stereocenters. The molecule has 5 rings (SSSR count). The SMILES string of the molecule is Cc1nn(C)c2nc(-c3ccccc3)cc(C(=O)Nc3ccc(Cn4ccnc4C)cc3)c12. The van der Waals surface area contributed by atoms with E-state index in [0.717, 1.165) is 46.0 Å². The summed E-state index contributed by atoms with van der Waals surface area (Å²) in [5.41, 5.74) is 5.57. The lowest BCUT2D eigenvalue weighted by atomic mass is 10.0. The third kappa shape index (κ3) is 4.01. The first-order valence-corrected chi connectivity index (χ1v) is 10.8. The first-order chi connectivity index (χ1) is 16.0. The molecule has 0 aliphatic heterocycles. The Morgan fingerprint density at radius 2 is 1.79 bits per heavy atom. The van der Waals surface area contributed by atoms with E-state index in [4.69, 9.17) is 4.98 Å². The van der Waals surface area contributed by atoms with E-state index < -0.39 is 0 Å². The zero-order valence-electron chi connectivity index (χ0n) is 18.8. The quantitative estimate of drug-likeness (QED) is 0.431. The van der Waals surface area contributed by atoms with Gasteiger partial charge in [-0.3, -0.25) is 9.48 Å². The van der Waals surface area contributed by atoms with Crippen LogP contribution in [-0.2, 0) is 13.6 Å². The highest BCUT2D eigenvalue weighted by molar-refractivity contribution is 6.13. The zero-order chi connectivity index (χ0) is 22.9. The van der Waals surface area contributed by atoms with Gasteiger partial charge in [0.25, 0.3) is 5.91 Å². The minimum Gasteiger partial charge on any atom is -0.331 e. The van der Waals surface area contributed by atoms with Crippen LogP contribution in [0.25, 0.3) is 22.3 Å². The number of carbonyl (C=O) groups is 1. The number of aryl methyl sites for hydroxylation is 3. The van der Waals surface area contributed by atoms with Crippen LogP contribution < -0.4 is 5.32 Å². The fourth-order valence-corrected chi connectivity index (χ4v) is 4.04. The molecule has 0 saturated carbocycles. The maximum atomic E-state index is 13.4. The van der Waals surface area contributed by atoms with Gasteiger partial charge in [-0.25, -0.2) is 9.97 Å². The highest BCUT2D eigenvalue weighted by Crippen LogP contribution is 2.27. The Balaban J connectivity index is 1.46. The number of aromatic nitrogens is 5. The van der Waals surface area contributed by atoms with E-state index in [1.807, 2.05) is 87.8 Å². The second-order valence-electron chi connectivity index (χ2n) is 8.08. The summed E-state index contributed by atoms with van der Waals surface area (Å²) in [6, 6.07) is 19.6. The molecule has 3 aromatic heterocycles. The van der Waals surface area contributed by atoms with Crippen LogP contribution in [0.15, 0.2) is 73.1 Å². The van der Waals surface area contributed by atoms with Gasteiger partial charge in [0.1, 0.15) is 5.82 Å². The number of fused-ring (bicyclic) bond motifs is 1. The summed E-state index contributed by atoms with van der Waals surface area (Å²) in [7, 11) is 1.85. The van der Waals surface area contributed by atoms with E-state index in [2.05, 4.69) is 20.0 Å². The van der Waals surface area contributed by atoms with E-state index in [0.29, 0.717) is 11.2 Å². The molecule has 0 aliphatic rings. The first kappa shape index (κ1) is 20.6. The fourth-order valence-electron chi connectivity index (χ4n) is 4.04. The van der Waals surface area contributed by atoms with Crippen molar-refractivity contribution in [2.24, 2.45) is 7.05 Å². The Hall–Kier alpha value is -4.26. The van der Waals surface area contributed by atoms with Crippen LogP contribution in [0.3, 0.4) is 0 Å². The molecule has 1 N–H and O–H groups in total. The zero-order valence-corrected chi connectivity index (χ0v) is 18.8. The van der Waals surface area contributed by atoms with Crippen molar-refractivity contribution in [2.75, 3.05) is 5.32 Å². The topological polar surface area (TPSA) is 77.6 Å². The Labute approximate surface area is 191 Å². The standard InChI is InChI=1S/C26H24N6O/c1-17-24-22(15-23(20-7-5-4-6-8-20)29-25(24)31(3)30-17)26(33)28-21-11-9-19(10-12-21)16-32-14-13-27-18(32)2/h4-15H,16H2,1-3H3,(H,28,33). The molecule has 0 unspecified atom stereocenters. The molecule has 5 aromatic rings. The first-order valence-electron chi connectivity index (χ1n) is 10.8. The largest absolute Gasteiger partial charge is 0.331 e. The normalized spacial score (nSPS) is 11.1. The summed E-state index contributed by atoms with van der Waals surface area (Å²) < 4.78 is 3.80. The number of hydrogen-bond donors (Lipinski definition) is 1. The summed E-state index contributed by atoms with van der Waals surface area (Å²) in [5, 5.41) is 8.30. The Bertz CT molecular complexity index is 1450. The monoisotopic (exact) mass is 436 g/mol. The van der Waals surface area contributed by atoms with Gasteiger partial charge in [-0.15, -0.1) is 0 Å². The van der Waals surface area contributed by atoms with Crippen molar-refractivity contribution >= 4 is 22.6 Å². The van der Waals surface area contributed by atoms with Gasteiger partial charge in [-0.2, -0.15) is 5.10 Å². The number of nitrogens with one attached hydrogen (secondary N) is 1. The minimum absolute atomic E-state index is 0.186. The Morgan fingerprint density at radius 3 is 2.48 bits per heavy atom. The van der Waals surface area contributed by atoms with Crippen molar-refractivity contribution in [3.63, 3.8) is 0 Å². The van der Waals surface area contributed by atoms with Crippen molar-refractivity contribution in [2.45, 2.75) is 20.4 Å². The van der Waals surface area contributed by atoms with Gasteiger partial charge in [0, 0.05) is 37.2 Å². The molecule has 33 heavy (non-hydrogen) atoms. The van der Waals surface area contributed by atoms with Crippen molar-refractivity contribution in [1.29, 1.82) is 0 Å². The van der Waals surface area contributed by atoms with Crippen LogP contribution in [0.4, 0.5) is 5.69 Å². The molecular weight excluding hydrogens is 412 g/mol. The molecule has 2 aromatic carbocycles. The summed E-state index contributed by atoms with van der Waals surface area (Å²) in [6.07, 6.45) is 3.75. The number of carbonyl (C=O) groups excluding carboxylic acids is 1. The average Bonchev–Trinajstić information content (AvgIpc) is 3.36. The van der Waals surface area contributed by atoms with Crippen LogP contribution in [0.2, 0.25) is 0 Å². The average molecular weight is 437 g/mol. The summed E-state index contributed by atoms with van der Waals surface area (Å²) in [6.45, 7) is 4.62. The van der Waals surface area contributed by atoms with Crippen molar-refractivity contribution in [1.82, 2.24) is 24.3 Å². The maximum Gasteiger partial charge on any atom is 0.256 e. The molecule has 0 radical (unpaired) electrons. The summed E-state index contributed by atoms with van der Waals surface area (Å²) in [4.78, 5) is 22.4. The lowest BCUT2D eigenvalue weighted by Crippen LogP contribution is -2.13. The van der Waals surface area contributed by atoms with Gasteiger partial charge in [0.05, 0.1) is 22.3 Å². The lowest BCUT2D eigenvalue weighted by molar-refractivity contribution is 0.102. The molecule has 0 spiro atoms. The predicted molar refractivity (Wildman–Crippen MR) is 129 cm³/mol. The van der Waals surface area contributed by atoms with Crippen molar-refractivity contribution < 1.29 is 4.79 Å². The molecule has 0 fully saturated rings. The van der Waals surface area contributed by atoms with Gasteiger partial charge in [0.15, 0.2) is 5.65 Å². The second-order valence-corrected chi connectivity index (χ2v) is 8.08. The van der Waals surface area contributed by atoms with Crippen LogP contribution in [0.5, 0.6) is 0 Å². The Kier molecular flexibility index (Phi) is 5.22. The van der Waals surface area contributed by atoms with Crippen LogP contribution in [-0.4, -0.2) is 30.2 Å².